The smallest absolute Gasteiger partial charge is 0.146 e. The number of nitrogens with one attached hydrogen (secondary N) is 1. The number of hydrogen-bond acceptors (Lipinski definition) is 3. The third kappa shape index (κ3) is 4.25. The zero-order valence-electron chi connectivity index (χ0n) is 11.5. The summed E-state index contributed by atoms with van der Waals surface area (Å²) in [6, 6.07) is 6.68. The first-order chi connectivity index (χ1) is 9.54. The van der Waals surface area contributed by atoms with Gasteiger partial charge in [0.1, 0.15) is 23.9 Å². The van der Waals surface area contributed by atoms with Gasteiger partial charge in [0.2, 0.25) is 0 Å². The standard InChI is InChI=1S/C15H17ClFNO2/c1-10(2)18-7-11-5-13(19-8-11)9-20-12-3-4-14(16)15(17)6-12/h3-6,8,10,18H,7,9H2,1-2H3. The van der Waals surface area contributed by atoms with Crippen molar-refractivity contribution in [2.45, 2.75) is 33.0 Å². The van der Waals surface area contributed by atoms with Gasteiger partial charge in [0.05, 0.1) is 11.3 Å². The normalized spacial score (nSPS) is 11.1. The first-order valence-corrected chi connectivity index (χ1v) is 6.80. The Labute approximate surface area is 122 Å². The van der Waals surface area contributed by atoms with Crippen LogP contribution in [-0.2, 0) is 13.2 Å². The molecule has 1 aromatic carbocycles. The molecular formula is C15H17ClFNO2. The van der Waals surface area contributed by atoms with Gasteiger partial charge in [-0.25, -0.2) is 4.39 Å². The van der Waals surface area contributed by atoms with Gasteiger partial charge in [-0.05, 0) is 18.2 Å². The fourth-order valence-electron chi connectivity index (χ4n) is 1.64. The highest BCUT2D eigenvalue weighted by molar-refractivity contribution is 6.30. The molecule has 2 rings (SSSR count). The van der Waals surface area contributed by atoms with Crippen LogP contribution in [0.5, 0.6) is 5.75 Å². The van der Waals surface area contributed by atoms with Gasteiger partial charge in [-0.2, -0.15) is 0 Å². The van der Waals surface area contributed by atoms with Crippen molar-refractivity contribution in [1.29, 1.82) is 0 Å². The average Bonchev–Trinajstić information content (AvgIpc) is 2.86. The lowest BCUT2D eigenvalue weighted by molar-refractivity contribution is 0.269. The summed E-state index contributed by atoms with van der Waals surface area (Å²) in [5.74, 6) is 0.622. The zero-order valence-corrected chi connectivity index (χ0v) is 12.2. The van der Waals surface area contributed by atoms with Crippen molar-refractivity contribution in [2.75, 3.05) is 0 Å². The maximum Gasteiger partial charge on any atom is 0.146 e. The fraction of sp³-hybridized carbons (Fsp3) is 0.333. The Bertz CT molecular complexity index is 569. The first-order valence-electron chi connectivity index (χ1n) is 6.42. The van der Waals surface area contributed by atoms with Crippen LogP contribution in [0, 0.1) is 5.82 Å². The molecule has 5 heteroatoms. The van der Waals surface area contributed by atoms with E-state index in [1.807, 2.05) is 6.07 Å². The number of benzene rings is 1. The molecule has 0 aliphatic heterocycles. The highest BCUT2D eigenvalue weighted by atomic mass is 35.5. The molecule has 0 amide bonds. The molecule has 0 radical (unpaired) electrons. The molecule has 0 bridgehead atoms. The van der Waals surface area contributed by atoms with E-state index >= 15 is 0 Å². The molecule has 20 heavy (non-hydrogen) atoms. The molecule has 1 aromatic heterocycles. The molecule has 0 unspecified atom stereocenters. The van der Waals surface area contributed by atoms with E-state index in [1.165, 1.54) is 12.1 Å². The largest absolute Gasteiger partial charge is 0.486 e. The summed E-state index contributed by atoms with van der Waals surface area (Å²) >= 11 is 5.61. The number of ether oxygens (including phenoxy) is 1. The van der Waals surface area contributed by atoms with Crippen LogP contribution in [0.2, 0.25) is 5.02 Å². The summed E-state index contributed by atoms with van der Waals surface area (Å²) in [7, 11) is 0. The van der Waals surface area contributed by atoms with E-state index in [2.05, 4.69) is 19.2 Å². The summed E-state index contributed by atoms with van der Waals surface area (Å²) in [5, 5.41) is 3.38. The molecule has 0 spiro atoms. The summed E-state index contributed by atoms with van der Waals surface area (Å²) in [6.07, 6.45) is 1.69. The van der Waals surface area contributed by atoms with E-state index in [0.29, 0.717) is 17.6 Å². The van der Waals surface area contributed by atoms with Crippen LogP contribution in [0.25, 0.3) is 0 Å². The van der Waals surface area contributed by atoms with E-state index in [4.69, 9.17) is 20.8 Å². The van der Waals surface area contributed by atoms with E-state index in [-0.39, 0.29) is 11.6 Å². The Morgan fingerprint density at radius 3 is 2.85 bits per heavy atom. The van der Waals surface area contributed by atoms with Crippen molar-refractivity contribution >= 4 is 11.6 Å². The Morgan fingerprint density at radius 2 is 2.15 bits per heavy atom. The van der Waals surface area contributed by atoms with Crippen molar-refractivity contribution in [3.05, 3.63) is 52.7 Å². The van der Waals surface area contributed by atoms with Crippen molar-refractivity contribution in [1.82, 2.24) is 5.32 Å². The van der Waals surface area contributed by atoms with E-state index in [9.17, 15) is 4.39 Å². The van der Waals surface area contributed by atoms with Gasteiger partial charge in [-0.15, -0.1) is 0 Å². The first kappa shape index (κ1) is 14.9. The minimum absolute atomic E-state index is 0.0809. The van der Waals surface area contributed by atoms with E-state index < -0.39 is 5.82 Å². The average molecular weight is 298 g/mol. The van der Waals surface area contributed by atoms with Gasteiger partial charge in [-0.1, -0.05) is 25.4 Å². The second-order valence-corrected chi connectivity index (χ2v) is 5.23. The van der Waals surface area contributed by atoms with Crippen LogP contribution < -0.4 is 10.1 Å². The van der Waals surface area contributed by atoms with E-state index in [1.54, 1.807) is 12.3 Å². The molecule has 2 aromatic rings. The second-order valence-electron chi connectivity index (χ2n) is 4.82. The van der Waals surface area contributed by atoms with Crippen molar-refractivity contribution < 1.29 is 13.5 Å². The lowest BCUT2D eigenvalue weighted by atomic mass is 10.3. The van der Waals surface area contributed by atoms with Gasteiger partial charge < -0.3 is 14.5 Å². The van der Waals surface area contributed by atoms with Gasteiger partial charge in [0, 0.05) is 24.2 Å². The highest BCUT2D eigenvalue weighted by Crippen LogP contribution is 2.21. The minimum atomic E-state index is -0.495. The quantitative estimate of drug-likeness (QED) is 0.870. The molecule has 0 atom stereocenters. The third-order valence-corrected chi connectivity index (χ3v) is 3.00. The van der Waals surface area contributed by atoms with Crippen LogP contribution in [0.3, 0.4) is 0 Å². The predicted molar refractivity (Wildman–Crippen MR) is 76.4 cm³/mol. The molecular weight excluding hydrogens is 281 g/mol. The molecule has 0 saturated carbocycles. The SMILES string of the molecule is CC(C)NCc1coc(COc2ccc(Cl)c(F)c2)c1. The summed E-state index contributed by atoms with van der Waals surface area (Å²) in [5.41, 5.74) is 1.06. The van der Waals surface area contributed by atoms with Crippen molar-refractivity contribution in [3.8, 4) is 5.75 Å². The fourth-order valence-corrected chi connectivity index (χ4v) is 1.76. The number of furan rings is 1. The van der Waals surface area contributed by atoms with Gasteiger partial charge in [0.25, 0.3) is 0 Å². The zero-order chi connectivity index (χ0) is 14.5. The summed E-state index contributed by atoms with van der Waals surface area (Å²) in [6.45, 7) is 5.16. The number of hydrogen-bond donors (Lipinski definition) is 1. The molecule has 108 valence electrons. The molecule has 0 saturated heterocycles. The molecule has 3 nitrogen and oxygen atoms in total. The summed E-state index contributed by atoms with van der Waals surface area (Å²) < 4.78 is 24.1. The molecule has 0 aliphatic rings. The van der Waals surface area contributed by atoms with E-state index in [0.717, 1.165) is 12.1 Å². The van der Waals surface area contributed by atoms with Crippen LogP contribution in [0.15, 0.2) is 34.9 Å². The second kappa shape index (κ2) is 6.77. The van der Waals surface area contributed by atoms with Gasteiger partial charge in [-0.3, -0.25) is 0 Å². The predicted octanol–water partition coefficient (Wildman–Crippen LogP) is 4.15. The monoisotopic (exact) mass is 297 g/mol. The topological polar surface area (TPSA) is 34.4 Å². The minimum Gasteiger partial charge on any atom is -0.486 e. The Morgan fingerprint density at radius 1 is 1.35 bits per heavy atom. The van der Waals surface area contributed by atoms with Crippen LogP contribution >= 0.6 is 11.6 Å². The van der Waals surface area contributed by atoms with Crippen molar-refractivity contribution in [3.63, 3.8) is 0 Å². The number of halogens is 2. The molecule has 1 heterocycles. The van der Waals surface area contributed by atoms with Crippen LogP contribution in [0.1, 0.15) is 25.2 Å². The maximum absolute atomic E-state index is 13.2. The lowest BCUT2D eigenvalue weighted by Gasteiger charge is -2.05. The third-order valence-electron chi connectivity index (χ3n) is 2.69. The molecule has 1 N–H and O–H groups in total. The van der Waals surface area contributed by atoms with Gasteiger partial charge >= 0.3 is 0 Å². The Balaban J connectivity index is 1.89. The molecule has 0 aliphatic carbocycles. The number of rotatable bonds is 6. The van der Waals surface area contributed by atoms with Gasteiger partial charge in [0.15, 0.2) is 0 Å². The molecule has 0 fully saturated rings. The summed E-state index contributed by atoms with van der Waals surface area (Å²) in [4.78, 5) is 0. The van der Waals surface area contributed by atoms with Crippen LogP contribution in [0.4, 0.5) is 4.39 Å². The lowest BCUT2D eigenvalue weighted by Crippen LogP contribution is -2.21. The van der Waals surface area contributed by atoms with Crippen LogP contribution in [-0.4, -0.2) is 6.04 Å². The Hall–Kier alpha value is -1.52. The highest BCUT2D eigenvalue weighted by Gasteiger charge is 2.05. The van der Waals surface area contributed by atoms with Crippen molar-refractivity contribution in [2.24, 2.45) is 0 Å². The maximum atomic E-state index is 13.2. The Kier molecular flexibility index (Phi) is 5.04.